The summed E-state index contributed by atoms with van der Waals surface area (Å²) in [6.07, 6.45) is 3.28. The van der Waals surface area contributed by atoms with Gasteiger partial charge in [-0.3, -0.25) is 9.78 Å². The molecule has 1 heterocycles. The molecule has 1 aromatic rings. The minimum Gasteiger partial charge on any atom is -0.393 e. The molecule has 0 fully saturated rings. The van der Waals surface area contributed by atoms with Gasteiger partial charge in [0.2, 0.25) is 0 Å². The summed E-state index contributed by atoms with van der Waals surface area (Å²) >= 11 is 4.89. The predicted octanol–water partition coefficient (Wildman–Crippen LogP) is 1.38. The SMILES string of the molecule is Cc1cncc(C(=O)N(C)CC(C)C(N)=S)c1. The molecule has 0 bridgehead atoms. The van der Waals surface area contributed by atoms with Gasteiger partial charge in [-0.1, -0.05) is 19.1 Å². The van der Waals surface area contributed by atoms with Gasteiger partial charge in [0.15, 0.2) is 0 Å². The molecule has 0 aliphatic rings. The fraction of sp³-hybridized carbons (Fsp3) is 0.417. The molecular formula is C12H17N3OS. The second-order valence-electron chi connectivity index (χ2n) is 4.24. The lowest BCUT2D eigenvalue weighted by atomic mass is 10.1. The smallest absolute Gasteiger partial charge is 0.255 e. The van der Waals surface area contributed by atoms with Crippen molar-refractivity contribution in [2.45, 2.75) is 13.8 Å². The number of rotatable bonds is 4. The fourth-order valence-electron chi connectivity index (χ4n) is 1.48. The number of aromatic nitrogens is 1. The number of hydrogen-bond donors (Lipinski definition) is 1. The van der Waals surface area contributed by atoms with Gasteiger partial charge in [-0.25, -0.2) is 0 Å². The van der Waals surface area contributed by atoms with Gasteiger partial charge in [0.25, 0.3) is 5.91 Å². The van der Waals surface area contributed by atoms with E-state index in [1.807, 2.05) is 19.9 Å². The monoisotopic (exact) mass is 251 g/mol. The highest BCUT2D eigenvalue weighted by molar-refractivity contribution is 7.80. The molecule has 0 saturated carbocycles. The molecule has 5 heteroatoms. The molecule has 0 aromatic carbocycles. The summed E-state index contributed by atoms with van der Waals surface area (Å²) < 4.78 is 0. The highest BCUT2D eigenvalue weighted by Gasteiger charge is 2.15. The third-order valence-electron chi connectivity index (χ3n) is 2.50. The molecule has 0 aliphatic carbocycles. The Kier molecular flexibility index (Phi) is 4.57. The minimum atomic E-state index is -0.0655. The molecule has 1 rings (SSSR count). The summed E-state index contributed by atoms with van der Waals surface area (Å²) in [4.78, 5) is 18.1. The van der Waals surface area contributed by atoms with Crippen molar-refractivity contribution in [2.24, 2.45) is 11.7 Å². The van der Waals surface area contributed by atoms with E-state index in [1.165, 1.54) is 0 Å². The number of nitrogens with two attached hydrogens (primary N) is 1. The maximum absolute atomic E-state index is 12.1. The number of pyridine rings is 1. The lowest BCUT2D eigenvalue weighted by molar-refractivity contribution is 0.0786. The first kappa shape index (κ1) is 13.6. The van der Waals surface area contributed by atoms with Gasteiger partial charge in [0.1, 0.15) is 0 Å². The maximum atomic E-state index is 12.1. The summed E-state index contributed by atoms with van der Waals surface area (Å²) in [5.74, 6) is -0.0546. The molecule has 0 saturated heterocycles. The van der Waals surface area contributed by atoms with Crippen LogP contribution >= 0.6 is 12.2 Å². The Labute approximate surface area is 107 Å². The Hall–Kier alpha value is -1.49. The quantitative estimate of drug-likeness (QED) is 0.821. The molecule has 2 N–H and O–H groups in total. The van der Waals surface area contributed by atoms with E-state index < -0.39 is 0 Å². The van der Waals surface area contributed by atoms with Crippen molar-refractivity contribution in [3.63, 3.8) is 0 Å². The maximum Gasteiger partial charge on any atom is 0.255 e. The van der Waals surface area contributed by atoms with Gasteiger partial charge in [-0.05, 0) is 18.6 Å². The van der Waals surface area contributed by atoms with Crippen LogP contribution in [0.2, 0.25) is 0 Å². The average Bonchev–Trinajstić information content (AvgIpc) is 2.27. The van der Waals surface area contributed by atoms with Crippen LogP contribution in [0.1, 0.15) is 22.8 Å². The van der Waals surface area contributed by atoms with E-state index in [9.17, 15) is 4.79 Å². The molecule has 1 aromatic heterocycles. The van der Waals surface area contributed by atoms with Crippen LogP contribution in [0.5, 0.6) is 0 Å². The first-order valence-corrected chi connectivity index (χ1v) is 5.79. The lowest BCUT2D eigenvalue weighted by Gasteiger charge is -2.20. The summed E-state index contributed by atoms with van der Waals surface area (Å²) in [5.41, 5.74) is 7.08. The van der Waals surface area contributed by atoms with E-state index in [-0.39, 0.29) is 11.8 Å². The molecule has 17 heavy (non-hydrogen) atoms. The van der Waals surface area contributed by atoms with Gasteiger partial charge in [-0.15, -0.1) is 0 Å². The van der Waals surface area contributed by atoms with Crippen LogP contribution < -0.4 is 5.73 Å². The van der Waals surface area contributed by atoms with Gasteiger partial charge in [0, 0.05) is 31.9 Å². The minimum absolute atomic E-state index is 0.0109. The van der Waals surface area contributed by atoms with Crippen molar-refractivity contribution in [3.8, 4) is 0 Å². The summed E-state index contributed by atoms with van der Waals surface area (Å²) in [6, 6.07) is 1.82. The molecule has 1 unspecified atom stereocenters. The molecule has 1 amide bonds. The number of aryl methyl sites for hydroxylation is 1. The Bertz CT molecular complexity index is 434. The first-order chi connectivity index (χ1) is 7.91. The van der Waals surface area contributed by atoms with E-state index in [2.05, 4.69) is 4.98 Å². The zero-order valence-electron chi connectivity index (χ0n) is 10.3. The Balaban J connectivity index is 2.73. The molecular weight excluding hydrogens is 234 g/mol. The predicted molar refractivity (Wildman–Crippen MR) is 71.9 cm³/mol. The third kappa shape index (κ3) is 3.78. The van der Waals surface area contributed by atoms with Gasteiger partial charge >= 0.3 is 0 Å². The number of hydrogen-bond acceptors (Lipinski definition) is 3. The first-order valence-electron chi connectivity index (χ1n) is 5.38. The molecule has 0 spiro atoms. The van der Waals surface area contributed by atoms with E-state index in [1.54, 1.807) is 24.3 Å². The Morgan fingerprint density at radius 2 is 2.24 bits per heavy atom. The Morgan fingerprint density at radius 3 is 2.76 bits per heavy atom. The standard InChI is InChI=1S/C12H17N3OS/c1-8-4-10(6-14-5-8)12(16)15(3)7-9(2)11(13)17/h4-6,9H,7H2,1-3H3,(H2,13,17). The van der Waals surface area contributed by atoms with Crippen molar-refractivity contribution < 1.29 is 4.79 Å². The topological polar surface area (TPSA) is 59.2 Å². The second kappa shape index (κ2) is 5.72. The van der Waals surface area contributed by atoms with Gasteiger partial charge in [0.05, 0.1) is 10.6 Å². The van der Waals surface area contributed by atoms with Gasteiger partial charge in [-0.2, -0.15) is 0 Å². The van der Waals surface area contributed by atoms with Crippen molar-refractivity contribution in [1.29, 1.82) is 0 Å². The molecule has 4 nitrogen and oxygen atoms in total. The molecule has 0 radical (unpaired) electrons. The highest BCUT2D eigenvalue weighted by atomic mass is 32.1. The zero-order valence-corrected chi connectivity index (χ0v) is 11.1. The van der Waals surface area contributed by atoms with E-state index in [0.29, 0.717) is 17.1 Å². The largest absolute Gasteiger partial charge is 0.393 e. The highest BCUT2D eigenvalue weighted by Crippen LogP contribution is 2.07. The fourth-order valence-corrected chi connectivity index (χ4v) is 1.55. The van der Waals surface area contributed by atoms with Crippen LogP contribution in [0, 0.1) is 12.8 Å². The number of nitrogens with zero attached hydrogens (tertiary/aromatic N) is 2. The molecule has 92 valence electrons. The Morgan fingerprint density at radius 1 is 1.59 bits per heavy atom. The van der Waals surface area contributed by atoms with Crippen LogP contribution in [0.4, 0.5) is 0 Å². The normalized spacial score (nSPS) is 11.9. The summed E-state index contributed by atoms with van der Waals surface area (Å²) in [6.45, 7) is 4.32. The number of carbonyl (C=O) groups is 1. The molecule has 1 atom stereocenters. The summed E-state index contributed by atoms with van der Waals surface area (Å²) in [5, 5.41) is 0. The molecule has 0 aliphatic heterocycles. The third-order valence-corrected chi connectivity index (χ3v) is 2.90. The van der Waals surface area contributed by atoms with Crippen molar-refractivity contribution in [1.82, 2.24) is 9.88 Å². The van der Waals surface area contributed by atoms with Crippen LogP contribution in [0.15, 0.2) is 18.5 Å². The van der Waals surface area contributed by atoms with Gasteiger partial charge < -0.3 is 10.6 Å². The van der Waals surface area contributed by atoms with Crippen LogP contribution in [0.3, 0.4) is 0 Å². The van der Waals surface area contributed by atoms with E-state index >= 15 is 0 Å². The number of amides is 1. The van der Waals surface area contributed by atoms with Crippen molar-refractivity contribution >= 4 is 23.1 Å². The zero-order chi connectivity index (χ0) is 13.0. The number of carbonyl (C=O) groups excluding carboxylic acids is 1. The number of thiocarbonyl (C=S) groups is 1. The lowest BCUT2D eigenvalue weighted by Crippen LogP contribution is -2.35. The van der Waals surface area contributed by atoms with Crippen LogP contribution in [-0.4, -0.2) is 34.4 Å². The van der Waals surface area contributed by atoms with E-state index in [4.69, 9.17) is 18.0 Å². The summed E-state index contributed by atoms with van der Waals surface area (Å²) in [7, 11) is 1.74. The van der Waals surface area contributed by atoms with E-state index in [0.717, 1.165) is 5.56 Å². The average molecular weight is 251 g/mol. The van der Waals surface area contributed by atoms with Crippen LogP contribution in [0.25, 0.3) is 0 Å². The second-order valence-corrected chi connectivity index (χ2v) is 4.71. The van der Waals surface area contributed by atoms with Crippen molar-refractivity contribution in [3.05, 3.63) is 29.6 Å². The van der Waals surface area contributed by atoms with Crippen LogP contribution in [-0.2, 0) is 0 Å². The van der Waals surface area contributed by atoms with Crippen molar-refractivity contribution in [2.75, 3.05) is 13.6 Å².